The van der Waals surface area contributed by atoms with Crippen LogP contribution < -0.4 is 5.32 Å². The lowest BCUT2D eigenvalue weighted by atomic mass is 10.1. The maximum atomic E-state index is 11.3. The molecule has 0 radical (unpaired) electrons. The van der Waals surface area contributed by atoms with Crippen molar-refractivity contribution in [2.24, 2.45) is 5.92 Å². The van der Waals surface area contributed by atoms with Crippen LogP contribution in [-0.2, 0) is 0 Å². The topological polar surface area (TPSA) is 95.3 Å². The Balaban J connectivity index is 1.96. The highest BCUT2D eigenvalue weighted by Gasteiger charge is 2.29. The van der Waals surface area contributed by atoms with Crippen molar-refractivity contribution < 1.29 is 15.0 Å². The number of fused-ring (bicyclic) bond motifs is 1. The van der Waals surface area contributed by atoms with Crippen LogP contribution in [0.2, 0.25) is 0 Å². The Morgan fingerprint density at radius 3 is 2.80 bits per heavy atom. The van der Waals surface area contributed by atoms with Gasteiger partial charge in [-0.2, -0.15) is 0 Å². The number of aromatic nitrogens is 2. The van der Waals surface area contributed by atoms with Gasteiger partial charge in [0.1, 0.15) is 0 Å². The van der Waals surface area contributed by atoms with Gasteiger partial charge < -0.3 is 15.5 Å². The van der Waals surface area contributed by atoms with E-state index in [0.29, 0.717) is 29.1 Å². The Morgan fingerprint density at radius 1 is 1.35 bits per heavy atom. The fourth-order valence-electron chi connectivity index (χ4n) is 2.24. The zero-order valence-electron chi connectivity index (χ0n) is 10.8. The SMILES string of the molecule is O=C(O)c1nnc2ccccc2c1NCC(O)C1CC1. The molecule has 1 aromatic carbocycles. The van der Waals surface area contributed by atoms with Gasteiger partial charge in [-0.1, -0.05) is 18.2 Å². The van der Waals surface area contributed by atoms with Gasteiger partial charge in [-0.25, -0.2) is 4.79 Å². The van der Waals surface area contributed by atoms with Crippen LogP contribution >= 0.6 is 0 Å². The first kappa shape index (κ1) is 12.8. The third kappa shape index (κ3) is 2.42. The summed E-state index contributed by atoms with van der Waals surface area (Å²) in [4.78, 5) is 11.3. The van der Waals surface area contributed by atoms with Crippen LogP contribution in [0.5, 0.6) is 0 Å². The summed E-state index contributed by atoms with van der Waals surface area (Å²) in [7, 11) is 0. The molecule has 3 N–H and O–H groups in total. The van der Waals surface area contributed by atoms with Crippen molar-refractivity contribution in [3.8, 4) is 0 Å². The molecule has 2 aromatic rings. The molecule has 1 unspecified atom stereocenters. The van der Waals surface area contributed by atoms with E-state index >= 15 is 0 Å². The number of carboxylic acid groups (broad SMARTS) is 1. The van der Waals surface area contributed by atoms with Crippen LogP contribution in [0.15, 0.2) is 24.3 Å². The lowest BCUT2D eigenvalue weighted by Crippen LogP contribution is -2.23. The monoisotopic (exact) mass is 273 g/mol. The molecule has 1 aliphatic rings. The van der Waals surface area contributed by atoms with Gasteiger partial charge >= 0.3 is 5.97 Å². The van der Waals surface area contributed by atoms with Crippen molar-refractivity contribution in [3.05, 3.63) is 30.0 Å². The van der Waals surface area contributed by atoms with E-state index < -0.39 is 12.1 Å². The third-order valence-corrected chi connectivity index (χ3v) is 3.52. The predicted octanol–water partition coefficient (Wildman–Crippen LogP) is 1.51. The third-order valence-electron chi connectivity index (χ3n) is 3.52. The molecule has 104 valence electrons. The normalized spacial score (nSPS) is 16.1. The van der Waals surface area contributed by atoms with Gasteiger partial charge in [-0.15, -0.1) is 10.2 Å². The lowest BCUT2D eigenvalue weighted by molar-refractivity contribution is 0.0690. The van der Waals surface area contributed by atoms with Crippen molar-refractivity contribution in [1.29, 1.82) is 0 Å². The first-order chi connectivity index (χ1) is 9.66. The van der Waals surface area contributed by atoms with Gasteiger partial charge in [-0.05, 0) is 24.8 Å². The van der Waals surface area contributed by atoms with Gasteiger partial charge in [0.25, 0.3) is 0 Å². The van der Waals surface area contributed by atoms with E-state index in [-0.39, 0.29) is 5.69 Å². The van der Waals surface area contributed by atoms with Gasteiger partial charge in [0.05, 0.1) is 17.3 Å². The highest BCUT2D eigenvalue weighted by Crippen LogP contribution is 2.33. The largest absolute Gasteiger partial charge is 0.476 e. The molecule has 0 aliphatic heterocycles. The number of benzene rings is 1. The van der Waals surface area contributed by atoms with Crippen molar-refractivity contribution in [2.45, 2.75) is 18.9 Å². The van der Waals surface area contributed by atoms with Crippen molar-refractivity contribution in [1.82, 2.24) is 10.2 Å². The Labute approximate surface area is 115 Å². The van der Waals surface area contributed by atoms with E-state index in [0.717, 1.165) is 12.8 Å². The van der Waals surface area contributed by atoms with E-state index in [2.05, 4.69) is 15.5 Å². The van der Waals surface area contributed by atoms with Crippen LogP contribution in [0.1, 0.15) is 23.3 Å². The van der Waals surface area contributed by atoms with Crippen LogP contribution in [0, 0.1) is 5.92 Å². The highest BCUT2D eigenvalue weighted by molar-refractivity contribution is 6.02. The summed E-state index contributed by atoms with van der Waals surface area (Å²) in [5.74, 6) is -0.802. The van der Waals surface area contributed by atoms with Gasteiger partial charge in [-0.3, -0.25) is 0 Å². The minimum Gasteiger partial charge on any atom is -0.476 e. The fraction of sp³-hybridized carbons (Fsp3) is 0.357. The molecule has 0 amide bonds. The molecule has 0 spiro atoms. The molecule has 6 nitrogen and oxygen atoms in total. The lowest BCUT2D eigenvalue weighted by Gasteiger charge is -2.14. The van der Waals surface area contributed by atoms with Crippen molar-refractivity contribution in [2.75, 3.05) is 11.9 Å². The molecular formula is C14H15N3O3. The number of nitrogens with zero attached hydrogens (tertiary/aromatic N) is 2. The number of hydrogen-bond donors (Lipinski definition) is 3. The number of anilines is 1. The Kier molecular flexibility index (Phi) is 3.23. The molecule has 1 fully saturated rings. The van der Waals surface area contributed by atoms with Gasteiger partial charge in [0.15, 0.2) is 5.69 Å². The van der Waals surface area contributed by atoms with E-state index in [1.54, 1.807) is 12.1 Å². The second-order valence-electron chi connectivity index (χ2n) is 5.03. The minimum absolute atomic E-state index is 0.119. The summed E-state index contributed by atoms with van der Waals surface area (Å²) >= 11 is 0. The number of hydrogen-bond acceptors (Lipinski definition) is 5. The summed E-state index contributed by atoms with van der Waals surface area (Å²) in [6.07, 6.45) is 1.61. The zero-order chi connectivity index (χ0) is 14.1. The average Bonchev–Trinajstić information content (AvgIpc) is 3.28. The second-order valence-corrected chi connectivity index (χ2v) is 5.03. The van der Waals surface area contributed by atoms with E-state index in [1.807, 2.05) is 12.1 Å². The van der Waals surface area contributed by atoms with E-state index in [4.69, 9.17) is 0 Å². The molecule has 1 atom stereocenters. The molecule has 3 rings (SSSR count). The van der Waals surface area contributed by atoms with Crippen molar-refractivity contribution in [3.63, 3.8) is 0 Å². The number of aliphatic hydroxyl groups is 1. The Bertz CT molecular complexity index is 655. The summed E-state index contributed by atoms with van der Waals surface area (Å²) in [6, 6.07) is 7.21. The fourth-order valence-corrected chi connectivity index (χ4v) is 2.24. The Morgan fingerprint density at radius 2 is 2.10 bits per heavy atom. The summed E-state index contributed by atoms with van der Waals surface area (Å²) < 4.78 is 0. The van der Waals surface area contributed by atoms with E-state index in [1.165, 1.54) is 0 Å². The molecule has 1 aliphatic carbocycles. The number of carboxylic acids is 1. The number of rotatable bonds is 5. The van der Waals surface area contributed by atoms with Gasteiger partial charge in [0.2, 0.25) is 0 Å². The number of carbonyl (C=O) groups is 1. The van der Waals surface area contributed by atoms with E-state index in [9.17, 15) is 15.0 Å². The van der Waals surface area contributed by atoms with Crippen molar-refractivity contribution >= 4 is 22.6 Å². The van der Waals surface area contributed by atoms with Crippen LogP contribution in [0.4, 0.5) is 5.69 Å². The van der Waals surface area contributed by atoms with Gasteiger partial charge in [0, 0.05) is 11.9 Å². The molecule has 1 heterocycles. The predicted molar refractivity (Wildman–Crippen MR) is 73.7 cm³/mol. The molecule has 20 heavy (non-hydrogen) atoms. The van der Waals surface area contributed by atoms with Crippen LogP contribution in [-0.4, -0.2) is 39.0 Å². The zero-order valence-corrected chi connectivity index (χ0v) is 10.8. The maximum absolute atomic E-state index is 11.3. The number of aliphatic hydroxyl groups excluding tert-OH is 1. The summed E-state index contributed by atoms with van der Waals surface area (Å²) in [5, 5.41) is 30.5. The van der Waals surface area contributed by atoms with Crippen LogP contribution in [0.3, 0.4) is 0 Å². The second kappa shape index (κ2) is 5.05. The first-order valence-corrected chi connectivity index (χ1v) is 6.57. The molecule has 0 saturated heterocycles. The molecule has 0 bridgehead atoms. The summed E-state index contributed by atoms with van der Waals surface area (Å²) in [5.41, 5.74) is 0.926. The molecule has 6 heteroatoms. The summed E-state index contributed by atoms with van der Waals surface area (Å²) in [6.45, 7) is 0.320. The molecular weight excluding hydrogens is 258 g/mol. The first-order valence-electron chi connectivity index (χ1n) is 6.57. The smallest absolute Gasteiger partial charge is 0.358 e. The maximum Gasteiger partial charge on any atom is 0.358 e. The quantitative estimate of drug-likeness (QED) is 0.764. The minimum atomic E-state index is -1.13. The molecule has 1 saturated carbocycles. The average molecular weight is 273 g/mol. The highest BCUT2D eigenvalue weighted by atomic mass is 16.4. The van der Waals surface area contributed by atoms with Crippen LogP contribution in [0.25, 0.3) is 10.9 Å². The number of aromatic carboxylic acids is 1. The standard InChI is InChI=1S/C14H15N3O3/c18-11(8-5-6-8)7-15-12-9-3-1-2-4-10(9)16-17-13(12)14(19)20/h1-4,8,11,18H,5-7H2,(H,15,16)(H,19,20). The number of nitrogens with one attached hydrogen (secondary N) is 1. The molecule has 1 aromatic heterocycles. The Hall–Kier alpha value is -2.21.